The Bertz CT molecular complexity index is 1130. The molecule has 2 aliphatic rings. The zero-order valence-electron chi connectivity index (χ0n) is 17.5. The number of fused-ring (bicyclic) bond motifs is 1. The van der Waals surface area contributed by atoms with Crippen molar-refractivity contribution in [3.63, 3.8) is 0 Å². The van der Waals surface area contributed by atoms with Crippen molar-refractivity contribution in [2.24, 2.45) is 5.14 Å². The van der Waals surface area contributed by atoms with Crippen LogP contribution in [0.2, 0.25) is 5.02 Å². The molecule has 2 aromatic rings. The van der Waals surface area contributed by atoms with Crippen LogP contribution in [0.3, 0.4) is 0 Å². The minimum absolute atomic E-state index is 0.0313. The van der Waals surface area contributed by atoms with Crippen LogP contribution in [0.1, 0.15) is 32.7 Å². The summed E-state index contributed by atoms with van der Waals surface area (Å²) in [6, 6.07) is 12.1. The zero-order chi connectivity index (χ0) is 22.9. The molecule has 2 heterocycles. The predicted octanol–water partition coefficient (Wildman–Crippen LogP) is 1.79. The molecule has 2 aliphatic heterocycles. The topological polar surface area (TPSA) is 104 Å². The Morgan fingerprint density at radius 1 is 1.03 bits per heavy atom. The largest absolute Gasteiger partial charge is 0.336 e. The normalized spacial score (nSPS) is 17.0. The quantitative estimate of drug-likeness (QED) is 0.684. The summed E-state index contributed by atoms with van der Waals surface area (Å²) < 4.78 is 23.3. The average molecular weight is 477 g/mol. The molecule has 0 radical (unpaired) electrons. The van der Waals surface area contributed by atoms with Crippen molar-refractivity contribution in [3.05, 3.63) is 64.2 Å². The van der Waals surface area contributed by atoms with Gasteiger partial charge >= 0.3 is 0 Å². The first-order chi connectivity index (χ1) is 15.2. The second-order valence-electron chi connectivity index (χ2n) is 8.06. The van der Waals surface area contributed by atoms with E-state index in [4.69, 9.17) is 16.7 Å². The van der Waals surface area contributed by atoms with Gasteiger partial charge in [0, 0.05) is 50.4 Å². The van der Waals surface area contributed by atoms with E-state index in [1.54, 1.807) is 4.90 Å². The summed E-state index contributed by atoms with van der Waals surface area (Å²) in [7, 11) is -3.99. The summed E-state index contributed by atoms with van der Waals surface area (Å²) in [5, 5.41) is 5.22. The SMILES string of the molecule is NS(=O)(=O)c1cc2c(cc1Cl)CN(CCCN1CCN(C(=O)c3ccccc3)CC1)C2=O. The minimum Gasteiger partial charge on any atom is -0.336 e. The number of amides is 2. The molecule has 0 unspecified atom stereocenters. The molecule has 32 heavy (non-hydrogen) atoms. The fraction of sp³-hybridized carbons (Fsp3) is 0.364. The molecule has 2 amide bonds. The molecular weight excluding hydrogens is 452 g/mol. The van der Waals surface area contributed by atoms with E-state index in [9.17, 15) is 18.0 Å². The van der Waals surface area contributed by atoms with Crippen LogP contribution in [0.15, 0.2) is 47.4 Å². The molecule has 1 saturated heterocycles. The fourth-order valence-electron chi connectivity index (χ4n) is 4.19. The average Bonchev–Trinajstić information content (AvgIpc) is 3.07. The molecule has 2 N–H and O–H groups in total. The zero-order valence-corrected chi connectivity index (χ0v) is 19.1. The van der Waals surface area contributed by atoms with Gasteiger partial charge in [-0.1, -0.05) is 29.8 Å². The Morgan fingerprint density at radius 2 is 1.72 bits per heavy atom. The van der Waals surface area contributed by atoms with Crippen LogP contribution < -0.4 is 5.14 Å². The summed E-state index contributed by atoms with van der Waals surface area (Å²) >= 11 is 6.04. The number of nitrogens with two attached hydrogens (primary N) is 1. The number of piperazine rings is 1. The Morgan fingerprint density at radius 3 is 2.38 bits per heavy atom. The molecule has 0 atom stereocenters. The maximum absolute atomic E-state index is 12.7. The number of carbonyl (C=O) groups excluding carboxylic acids is 2. The number of benzene rings is 2. The summed E-state index contributed by atoms with van der Waals surface area (Å²) in [4.78, 5) is 30.9. The highest BCUT2D eigenvalue weighted by Gasteiger charge is 2.30. The van der Waals surface area contributed by atoms with E-state index in [1.807, 2.05) is 35.2 Å². The molecule has 8 nitrogen and oxygen atoms in total. The highest BCUT2D eigenvalue weighted by Crippen LogP contribution is 2.30. The lowest BCUT2D eigenvalue weighted by Gasteiger charge is -2.35. The van der Waals surface area contributed by atoms with Gasteiger partial charge in [-0.3, -0.25) is 14.5 Å². The van der Waals surface area contributed by atoms with Crippen LogP contribution in [0.25, 0.3) is 0 Å². The van der Waals surface area contributed by atoms with E-state index < -0.39 is 10.0 Å². The highest BCUT2D eigenvalue weighted by atomic mass is 35.5. The smallest absolute Gasteiger partial charge is 0.254 e. The van der Waals surface area contributed by atoms with Gasteiger partial charge in [0.2, 0.25) is 10.0 Å². The number of hydrogen-bond donors (Lipinski definition) is 1. The molecular formula is C22H25ClN4O4S. The van der Waals surface area contributed by atoms with Crippen LogP contribution >= 0.6 is 11.6 Å². The molecule has 2 aromatic carbocycles. The van der Waals surface area contributed by atoms with Crippen molar-refractivity contribution in [2.75, 3.05) is 39.3 Å². The molecule has 0 aromatic heterocycles. The van der Waals surface area contributed by atoms with E-state index in [0.29, 0.717) is 42.9 Å². The molecule has 1 fully saturated rings. The van der Waals surface area contributed by atoms with E-state index in [0.717, 1.165) is 26.1 Å². The van der Waals surface area contributed by atoms with Crippen LogP contribution in [0.5, 0.6) is 0 Å². The third-order valence-electron chi connectivity index (χ3n) is 5.93. The Hall–Kier alpha value is -2.46. The lowest BCUT2D eigenvalue weighted by Crippen LogP contribution is -2.49. The highest BCUT2D eigenvalue weighted by molar-refractivity contribution is 7.89. The third kappa shape index (κ3) is 4.80. The number of hydrogen-bond acceptors (Lipinski definition) is 5. The first-order valence-electron chi connectivity index (χ1n) is 10.5. The molecule has 4 rings (SSSR count). The number of rotatable bonds is 6. The van der Waals surface area contributed by atoms with E-state index in [1.165, 1.54) is 12.1 Å². The lowest BCUT2D eigenvalue weighted by molar-refractivity contribution is 0.0622. The van der Waals surface area contributed by atoms with Crippen LogP contribution in [0.4, 0.5) is 0 Å². The van der Waals surface area contributed by atoms with Gasteiger partial charge in [-0.05, 0) is 42.8 Å². The molecule has 0 bridgehead atoms. The van der Waals surface area contributed by atoms with Crippen molar-refractivity contribution < 1.29 is 18.0 Å². The number of primary sulfonamides is 1. The summed E-state index contributed by atoms with van der Waals surface area (Å²) in [6.45, 7) is 4.71. The molecule has 10 heteroatoms. The Balaban J connectivity index is 1.27. The third-order valence-corrected chi connectivity index (χ3v) is 7.30. The van der Waals surface area contributed by atoms with E-state index >= 15 is 0 Å². The number of sulfonamides is 1. The van der Waals surface area contributed by atoms with E-state index in [-0.39, 0.29) is 21.7 Å². The van der Waals surface area contributed by atoms with Gasteiger partial charge in [-0.25, -0.2) is 13.6 Å². The van der Waals surface area contributed by atoms with Crippen molar-refractivity contribution >= 4 is 33.4 Å². The molecule has 0 saturated carbocycles. The van der Waals surface area contributed by atoms with Crippen molar-refractivity contribution in [2.45, 2.75) is 17.9 Å². The van der Waals surface area contributed by atoms with Gasteiger partial charge in [0.1, 0.15) is 4.90 Å². The standard InChI is InChI=1S/C22H25ClN4O4S/c23-19-13-17-15-27(22(29)18(17)14-20(19)32(24,30)31)8-4-7-25-9-11-26(12-10-25)21(28)16-5-2-1-3-6-16/h1-3,5-6,13-14H,4,7-12,15H2,(H2,24,30,31). The van der Waals surface area contributed by atoms with Gasteiger partial charge in [-0.15, -0.1) is 0 Å². The van der Waals surface area contributed by atoms with Gasteiger partial charge in [0.25, 0.3) is 11.8 Å². The van der Waals surface area contributed by atoms with Crippen LogP contribution in [-0.4, -0.2) is 74.2 Å². The van der Waals surface area contributed by atoms with Crippen LogP contribution in [-0.2, 0) is 16.6 Å². The maximum atomic E-state index is 12.7. The number of halogens is 1. The minimum atomic E-state index is -3.99. The number of carbonyl (C=O) groups is 2. The maximum Gasteiger partial charge on any atom is 0.254 e. The van der Waals surface area contributed by atoms with Crippen molar-refractivity contribution in [3.8, 4) is 0 Å². The van der Waals surface area contributed by atoms with Crippen LogP contribution in [0, 0.1) is 0 Å². The van der Waals surface area contributed by atoms with E-state index in [2.05, 4.69) is 4.90 Å². The second kappa shape index (κ2) is 9.19. The monoisotopic (exact) mass is 476 g/mol. The predicted molar refractivity (Wildman–Crippen MR) is 121 cm³/mol. The van der Waals surface area contributed by atoms with Gasteiger partial charge in [-0.2, -0.15) is 0 Å². The molecule has 170 valence electrons. The first-order valence-corrected chi connectivity index (χ1v) is 12.4. The Kier molecular flexibility index (Phi) is 6.52. The Labute approximate surface area is 192 Å². The summed E-state index contributed by atoms with van der Waals surface area (Å²) in [5.74, 6) is -0.150. The second-order valence-corrected chi connectivity index (χ2v) is 10.0. The summed E-state index contributed by atoms with van der Waals surface area (Å²) in [5.41, 5.74) is 1.76. The first kappa shape index (κ1) is 22.7. The lowest BCUT2D eigenvalue weighted by atomic mass is 10.1. The van der Waals surface area contributed by atoms with Crippen molar-refractivity contribution in [1.29, 1.82) is 0 Å². The summed E-state index contributed by atoms with van der Waals surface area (Å²) in [6.07, 6.45) is 0.780. The molecule has 0 aliphatic carbocycles. The van der Waals surface area contributed by atoms with Crippen molar-refractivity contribution in [1.82, 2.24) is 14.7 Å². The number of nitrogens with zero attached hydrogens (tertiary/aromatic N) is 3. The molecule has 0 spiro atoms. The van der Waals surface area contributed by atoms with Gasteiger partial charge < -0.3 is 9.80 Å². The van der Waals surface area contributed by atoms with Gasteiger partial charge in [0.15, 0.2) is 0 Å². The van der Waals surface area contributed by atoms with Gasteiger partial charge in [0.05, 0.1) is 5.02 Å². The fourth-order valence-corrected chi connectivity index (χ4v) is 5.32.